The number of hydrogen-bond donors (Lipinski definition) is 0. The Morgan fingerprint density at radius 3 is 2.64 bits per heavy atom. The number of aromatic nitrogens is 2. The maximum Gasteiger partial charge on any atom is 0.282 e. The zero-order chi connectivity index (χ0) is 27.9. The van der Waals surface area contributed by atoms with E-state index in [1.54, 1.807) is 18.3 Å². The molecular formula is C28H24Br2ClN3O5. The van der Waals surface area contributed by atoms with E-state index in [9.17, 15) is 4.79 Å². The van der Waals surface area contributed by atoms with Crippen molar-refractivity contribution < 1.29 is 18.9 Å². The number of hydrogen-bond acceptors (Lipinski definition) is 7. The molecule has 202 valence electrons. The Morgan fingerprint density at radius 1 is 1.13 bits per heavy atom. The van der Waals surface area contributed by atoms with Crippen LogP contribution in [0.5, 0.6) is 23.0 Å². The lowest BCUT2D eigenvalue weighted by molar-refractivity contribution is 0.174. The minimum absolute atomic E-state index is 0.200. The highest BCUT2D eigenvalue weighted by molar-refractivity contribution is 9.10. The van der Waals surface area contributed by atoms with Crippen LogP contribution in [0.2, 0.25) is 5.02 Å². The van der Waals surface area contributed by atoms with E-state index in [2.05, 4.69) is 37.0 Å². The standard InChI is InChI=1S/C28H24Br2ClN3O5/c1-28(2,3)27-33-19-7-6-17(29)11-18(19)26(35)34(27)32-12-16-10-22(36-4)25(24(31)23(16)30)37-13-15-5-8-20-21(9-15)39-14-38-20/h5-12H,13-14H2,1-4H3. The van der Waals surface area contributed by atoms with E-state index in [4.69, 9.17) is 35.5 Å². The summed E-state index contributed by atoms with van der Waals surface area (Å²) < 4.78 is 25.1. The first kappa shape index (κ1) is 27.5. The quantitative estimate of drug-likeness (QED) is 0.203. The van der Waals surface area contributed by atoms with Gasteiger partial charge in [0.25, 0.3) is 5.56 Å². The van der Waals surface area contributed by atoms with Crippen LogP contribution >= 0.6 is 43.5 Å². The summed E-state index contributed by atoms with van der Waals surface area (Å²) in [4.78, 5) is 18.2. The second kappa shape index (κ2) is 10.8. The molecule has 3 aromatic carbocycles. The summed E-state index contributed by atoms with van der Waals surface area (Å²) in [6, 6.07) is 12.7. The first-order valence-electron chi connectivity index (χ1n) is 11.9. The molecule has 0 unspecified atom stereocenters. The molecule has 0 amide bonds. The largest absolute Gasteiger partial charge is 0.493 e. The number of fused-ring (bicyclic) bond motifs is 2. The summed E-state index contributed by atoms with van der Waals surface area (Å²) >= 11 is 13.7. The normalized spacial score (nSPS) is 12.9. The third kappa shape index (κ3) is 5.50. The molecule has 0 N–H and O–H groups in total. The van der Waals surface area contributed by atoms with E-state index in [0.29, 0.717) is 54.8 Å². The van der Waals surface area contributed by atoms with Crippen molar-refractivity contribution in [1.82, 2.24) is 9.66 Å². The fraction of sp³-hybridized carbons (Fsp3) is 0.250. The van der Waals surface area contributed by atoms with E-state index in [1.165, 1.54) is 11.8 Å². The maximum absolute atomic E-state index is 13.5. The highest BCUT2D eigenvalue weighted by Crippen LogP contribution is 2.43. The van der Waals surface area contributed by atoms with Gasteiger partial charge in [0.1, 0.15) is 17.5 Å². The number of benzene rings is 3. The molecule has 1 aliphatic heterocycles. The van der Waals surface area contributed by atoms with Crippen molar-refractivity contribution in [3.63, 3.8) is 0 Å². The van der Waals surface area contributed by atoms with Gasteiger partial charge in [-0.15, -0.1) is 0 Å². The van der Waals surface area contributed by atoms with Gasteiger partial charge in [-0.05, 0) is 57.9 Å². The predicted molar refractivity (Wildman–Crippen MR) is 158 cm³/mol. The average molecular weight is 678 g/mol. The first-order chi connectivity index (χ1) is 18.6. The zero-order valence-corrected chi connectivity index (χ0v) is 25.5. The van der Waals surface area contributed by atoms with Crippen LogP contribution in [0.15, 0.2) is 61.3 Å². The molecule has 0 radical (unpaired) electrons. The van der Waals surface area contributed by atoms with Gasteiger partial charge in [0.05, 0.1) is 24.2 Å². The van der Waals surface area contributed by atoms with Gasteiger partial charge in [-0.2, -0.15) is 9.78 Å². The second-order valence-corrected chi connectivity index (χ2v) is 11.9. The van der Waals surface area contributed by atoms with Crippen molar-refractivity contribution >= 4 is 60.6 Å². The molecule has 0 saturated heterocycles. The molecule has 4 aromatic rings. The van der Waals surface area contributed by atoms with Crippen LogP contribution in [0, 0.1) is 0 Å². The lowest BCUT2D eigenvalue weighted by Crippen LogP contribution is -2.29. The highest BCUT2D eigenvalue weighted by atomic mass is 79.9. The fourth-order valence-electron chi connectivity index (χ4n) is 4.03. The molecule has 1 aliphatic rings. The molecule has 0 atom stereocenters. The molecule has 0 bridgehead atoms. The number of methoxy groups -OCH3 is 1. The first-order valence-corrected chi connectivity index (χ1v) is 13.9. The average Bonchev–Trinajstić information content (AvgIpc) is 3.37. The van der Waals surface area contributed by atoms with Gasteiger partial charge in [0, 0.05) is 19.9 Å². The van der Waals surface area contributed by atoms with Gasteiger partial charge in [0.15, 0.2) is 23.0 Å². The van der Waals surface area contributed by atoms with E-state index in [0.717, 1.165) is 10.0 Å². The monoisotopic (exact) mass is 675 g/mol. The molecular weight excluding hydrogens is 654 g/mol. The topological polar surface area (TPSA) is 84.2 Å². The Balaban J connectivity index is 1.51. The van der Waals surface area contributed by atoms with Crippen LogP contribution in [-0.4, -0.2) is 29.8 Å². The maximum atomic E-state index is 13.5. The van der Waals surface area contributed by atoms with Gasteiger partial charge in [0.2, 0.25) is 6.79 Å². The zero-order valence-electron chi connectivity index (χ0n) is 21.5. The lowest BCUT2D eigenvalue weighted by Gasteiger charge is -2.21. The van der Waals surface area contributed by atoms with E-state index in [1.807, 2.05) is 51.1 Å². The third-order valence-corrected chi connectivity index (χ3v) is 7.92. The van der Waals surface area contributed by atoms with E-state index < -0.39 is 5.41 Å². The Labute approximate surface area is 246 Å². The Hall–Kier alpha value is -3.08. The molecule has 1 aromatic heterocycles. The smallest absolute Gasteiger partial charge is 0.282 e. The molecule has 0 fully saturated rings. The second-order valence-electron chi connectivity index (χ2n) is 9.81. The molecule has 0 spiro atoms. The molecule has 0 aliphatic carbocycles. The summed E-state index contributed by atoms with van der Waals surface area (Å²) in [7, 11) is 1.53. The van der Waals surface area contributed by atoms with Crippen LogP contribution in [0.1, 0.15) is 37.7 Å². The van der Waals surface area contributed by atoms with Crippen molar-refractivity contribution in [3.8, 4) is 23.0 Å². The van der Waals surface area contributed by atoms with Gasteiger partial charge in [-0.3, -0.25) is 4.79 Å². The van der Waals surface area contributed by atoms with Crippen LogP contribution in [0.3, 0.4) is 0 Å². The number of rotatable bonds is 6. The predicted octanol–water partition coefficient (Wildman–Crippen LogP) is 7.07. The molecule has 5 rings (SSSR count). The minimum atomic E-state index is -0.448. The highest BCUT2D eigenvalue weighted by Gasteiger charge is 2.23. The number of halogens is 3. The van der Waals surface area contributed by atoms with Gasteiger partial charge in [-0.25, -0.2) is 4.98 Å². The van der Waals surface area contributed by atoms with Crippen LogP contribution in [0.4, 0.5) is 0 Å². The Bertz CT molecular complexity index is 1680. The fourth-order valence-corrected chi connectivity index (χ4v) is 5.05. The summed E-state index contributed by atoms with van der Waals surface area (Å²) in [5.74, 6) is 2.67. The van der Waals surface area contributed by atoms with Crippen molar-refractivity contribution in [2.24, 2.45) is 5.10 Å². The lowest BCUT2D eigenvalue weighted by atomic mass is 9.95. The summed E-state index contributed by atoms with van der Waals surface area (Å²) in [6.07, 6.45) is 1.54. The minimum Gasteiger partial charge on any atom is -0.493 e. The Kier molecular flexibility index (Phi) is 7.63. The van der Waals surface area contributed by atoms with Gasteiger partial charge in [-0.1, -0.05) is 54.4 Å². The van der Waals surface area contributed by atoms with Gasteiger partial charge >= 0.3 is 0 Å². The third-order valence-electron chi connectivity index (χ3n) is 5.99. The van der Waals surface area contributed by atoms with Crippen LogP contribution < -0.4 is 24.5 Å². The van der Waals surface area contributed by atoms with E-state index in [-0.39, 0.29) is 19.0 Å². The van der Waals surface area contributed by atoms with Gasteiger partial charge < -0.3 is 18.9 Å². The molecule has 2 heterocycles. The van der Waals surface area contributed by atoms with Crippen LogP contribution in [-0.2, 0) is 12.0 Å². The van der Waals surface area contributed by atoms with Crippen molar-refractivity contribution in [2.45, 2.75) is 32.8 Å². The number of ether oxygens (including phenoxy) is 4. The van der Waals surface area contributed by atoms with Crippen molar-refractivity contribution in [2.75, 3.05) is 13.9 Å². The van der Waals surface area contributed by atoms with Crippen molar-refractivity contribution in [3.05, 3.63) is 83.7 Å². The van der Waals surface area contributed by atoms with Crippen LogP contribution in [0.25, 0.3) is 10.9 Å². The molecule has 8 nitrogen and oxygen atoms in total. The molecule has 11 heteroatoms. The van der Waals surface area contributed by atoms with Crippen molar-refractivity contribution in [1.29, 1.82) is 0 Å². The summed E-state index contributed by atoms with van der Waals surface area (Å²) in [5.41, 5.74) is 1.35. The summed E-state index contributed by atoms with van der Waals surface area (Å²) in [5, 5.41) is 5.31. The van der Waals surface area contributed by atoms with E-state index >= 15 is 0 Å². The Morgan fingerprint density at radius 2 is 1.90 bits per heavy atom. The summed E-state index contributed by atoms with van der Waals surface area (Å²) in [6.45, 7) is 6.37. The molecule has 39 heavy (non-hydrogen) atoms. The molecule has 0 saturated carbocycles. The number of nitrogens with zero attached hydrogens (tertiary/aromatic N) is 3. The SMILES string of the molecule is COc1cc(C=Nn2c(C(C)(C)C)nc3ccc(Br)cc3c2=O)c(Br)c(Cl)c1OCc1ccc2c(c1)OCO2.